The Bertz CT molecular complexity index is 386. The summed E-state index contributed by atoms with van der Waals surface area (Å²) < 4.78 is 0. The van der Waals surface area contributed by atoms with Gasteiger partial charge in [0.1, 0.15) is 11.5 Å². The van der Waals surface area contributed by atoms with Crippen LogP contribution in [0.25, 0.3) is 0 Å². The fourth-order valence-electron chi connectivity index (χ4n) is 2.52. The van der Waals surface area contributed by atoms with Gasteiger partial charge in [-0.3, -0.25) is 9.59 Å². The highest BCUT2D eigenvalue weighted by Gasteiger charge is 2.46. The molecule has 1 atom stereocenters. The Balaban J connectivity index is 2.93. The molecule has 1 aliphatic rings. The van der Waals surface area contributed by atoms with Gasteiger partial charge in [0.2, 0.25) is 11.8 Å². The molecule has 0 bridgehead atoms. The summed E-state index contributed by atoms with van der Waals surface area (Å²) in [5.74, 6) is -1.20. The van der Waals surface area contributed by atoms with E-state index >= 15 is 0 Å². The molecule has 0 saturated heterocycles. The minimum absolute atomic E-state index is 0.102. The van der Waals surface area contributed by atoms with Gasteiger partial charge in [-0.25, -0.2) is 0 Å². The molecule has 6 N–H and O–H groups in total. The third-order valence-corrected chi connectivity index (χ3v) is 3.75. The zero-order valence-electron chi connectivity index (χ0n) is 11.3. The van der Waals surface area contributed by atoms with Gasteiger partial charge < -0.3 is 22.0 Å². The van der Waals surface area contributed by atoms with Crippen LogP contribution in [0, 0.1) is 11.3 Å². The maximum Gasteiger partial charge on any atom is 0.240 e. The molecule has 0 aromatic rings. The van der Waals surface area contributed by atoms with Gasteiger partial charge in [0, 0.05) is 0 Å². The summed E-state index contributed by atoms with van der Waals surface area (Å²) in [7, 11) is 0. The number of nitrogens with one attached hydrogen (secondary N) is 1. The highest BCUT2D eigenvalue weighted by atomic mass is 16.4. The van der Waals surface area contributed by atoms with Gasteiger partial charge in [-0.1, -0.05) is 31.8 Å². The number of hydrogen-bond acceptors (Lipinski definition) is 4. The van der Waals surface area contributed by atoms with Crippen LogP contribution in [-0.2, 0) is 9.59 Å². The Morgan fingerprint density at radius 2 is 1.79 bits per heavy atom. The summed E-state index contributed by atoms with van der Waals surface area (Å²) in [6.07, 6.45) is 2.68. The van der Waals surface area contributed by atoms with E-state index in [0.29, 0.717) is 12.8 Å². The number of oxime groups is 1. The van der Waals surface area contributed by atoms with Crippen molar-refractivity contribution in [2.24, 2.45) is 28.0 Å². The number of hydrogen-bond donors (Lipinski definition) is 4. The number of primary amides is 1. The zero-order valence-corrected chi connectivity index (χ0v) is 11.3. The molecule has 108 valence electrons. The number of nitrogens with two attached hydrogens (primary N) is 2. The van der Waals surface area contributed by atoms with Crippen LogP contribution < -0.4 is 16.8 Å². The number of carbonyl (C=O) groups excluding carboxylic acids is 2. The number of carbonyl (C=O) groups is 2. The van der Waals surface area contributed by atoms with E-state index in [4.69, 9.17) is 16.7 Å². The summed E-state index contributed by atoms with van der Waals surface area (Å²) in [6.45, 7) is 3.58. The van der Waals surface area contributed by atoms with Gasteiger partial charge in [0.05, 0.1) is 0 Å². The SMILES string of the molecule is CC(C)C(NC(=O)C1(C(N)=NO)CCCC1)C(N)=O. The predicted molar refractivity (Wildman–Crippen MR) is 70.3 cm³/mol. The maximum absolute atomic E-state index is 12.4. The number of amides is 2. The molecular formula is C12H22N4O3. The monoisotopic (exact) mass is 270 g/mol. The number of rotatable bonds is 5. The van der Waals surface area contributed by atoms with E-state index in [9.17, 15) is 9.59 Å². The van der Waals surface area contributed by atoms with Crippen LogP contribution in [0.2, 0.25) is 0 Å². The van der Waals surface area contributed by atoms with E-state index in [0.717, 1.165) is 12.8 Å². The second-order valence-electron chi connectivity index (χ2n) is 5.37. The van der Waals surface area contributed by atoms with Crippen molar-refractivity contribution in [2.45, 2.75) is 45.6 Å². The van der Waals surface area contributed by atoms with Gasteiger partial charge in [-0.2, -0.15) is 0 Å². The van der Waals surface area contributed by atoms with E-state index < -0.39 is 23.3 Å². The van der Waals surface area contributed by atoms with Crippen molar-refractivity contribution in [3.8, 4) is 0 Å². The van der Waals surface area contributed by atoms with E-state index in [-0.39, 0.29) is 11.8 Å². The fourth-order valence-corrected chi connectivity index (χ4v) is 2.52. The standard InChI is InChI=1S/C12H22N4O3/c1-7(2)8(9(13)17)15-11(18)12(10(14)16-19)5-3-4-6-12/h7-8,19H,3-6H2,1-2H3,(H2,13,17)(H2,14,16)(H,15,18). The maximum atomic E-state index is 12.4. The molecule has 0 spiro atoms. The lowest BCUT2D eigenvalue weighted by Crippen LogP contribution is -2.55. The molecule has 1 aliphatic carbocycles. The van der Waals surface area contributed by atoms with Crippen LogP contribution in [0.4, 0.5) is 0 Å². The van der Waals surface area contributed by atoms with Crippen LogP contribution in [0.15, 0.2) is 5.16 Å². The van der Waals surface area contributed by atoms with Crippen molar-refractivity contribution in [3.05, 3.63) is 0 Å². The van der Waals surface area contributed by atoms with Crippen molar-refractivity contribution in [1.82, 2.24) is 5.32 Å². The third-order valence-electron chi connectivity index (χ3n) is 3.75. The molecule has 7 heteroatoms. The Hall–Kier alpha value is -1.79. The van der Waals surface area contributed by atoms with Crippen molar-refractivity contribution in [3.63, 3.8) is 0 Å². The molecule has 0 aromatic heterocycles. The summed E-state index contributed by atoms with van der Waals surface area (Å²) in [5, 5.41) is 14.5. The molecule has 7 nitrogen and oxygen atoms in total. The smallest absolute Gasteiger partial charge is 0.240 e. The first-order valence-corrected chi connectivity index (χ1v) is 6.43. The lowest BCUT2D eigenvalue weighted by molar-refractivity contribution is -0.132. The average Bonchev–Trinajstić information content (AvgIpc) is 2.84. The molecule has 0 aromatic carbocycles. The molecule has 1 fully saturated rings. The van der Waals surface area contributed by atoms with E-state index in [1.807, 2.05) is 0 Å². The Labute approximate surface area is 112 Å². The van der Waals surface area contributed by atoms with E-state index in [1.165, 1.54) is 0 Å². The number of nitrogens with zero attached hydrogens (tertiary/aromatic N) is 1. The third kappa shape index (κ3) is 2.97. The molecular weight excluding hydrogens is 248 g/mol. The lowest BCUT2D eigenvalue weighted by Gasteiger charge is -2.29. The topological polar surface area (TPSA) is 131 Å². The molecule has 0 aliphatic heterocycles. The van der Waals surface area contributed by atoms with Gasteiger partial charge in [-0.15, -0.1) is 0 Å². The van der Waals surface area contributed by atoms with Gasteiger partial charge in [0.15, 0.2) is 5.84 Å². The summed E-state index contributed by atoms with van der Waals surface area (Å²) in [4.78, 5) is 23.7. The van der Waals surface area contributed by atoms with Crippen molar-refractivity contribution < 1.29 is 14.8 Å². The van der Waals surface area contributed by atoms with Crippen molar-refractivity contribution in [2.75, 3.05) is 0 Å². The summed E-state index contributed by atoms with van der Waals surface area (Å²) in [6, 6.07) is -0.753. The zero-order chi connectivity index (χ0) is 14.6. The van der Waals surface area contributed by atoms with Gasteiger partial charge in [0.25, 0.3) is 0 Å². The quantitative estimate of drug-likeness (QED) is 0.241. The molecule has 1 rings (SSSR count). The van der Waals surface area contributed by atoms with Crippen LogP contribution in [0.5, 0.6) is 0 Å². The molecule has 19 heavy (non-hydrogen) atoms. The molecule has 0 heterocycles. The van der Waals surface area contributed by atoms with E-state index in [1.54, 1.807) is 13.8 Å². The average molecular weight is 270 g/mol. The van der Waals surface area contributed by atoms with Crippen molar-refractivity contribution in [1.29, 1.82) is 0 Å². The Morgan fingerprint density at radius 1 is 1.26 bits per heavy atom. The predicted octanol–water partition coefficient (Wildman–Crippen LogP) is -0.0807. The van der Waals surface area contributed by atoms with E-state index in [2.05, 4.69) is 10.5 Å². The van der Waals surface area contributed by atoms with Crippen LogP contribution in [0.1, 0.15) is 39.5 Å². The summed E-state index contributed by atoms with van der Waals surface area (Å²) in [5.41, 5.74) is 9.92. The van der Waals surface area contributed by atoms with Crippen LogP contribution in [0.3, 0.4) is 0 Å². The minimum Gasteiger partial charge on any atom is -0.409 e. The molecule has 0 radical (unpaired) electrons. The highest BCUT2D eigenvalue weighted by molar-refractivity contribution is 6.07. The normalized spacial score (nSPS) is 20.3. The molecule has 1 saturated carbocycles. The first-order valence-electron chi connectivity index (χ1n) is 6.43. The second-order valence-corrected chi connectivity index (χ2v) is 5.37. The lowest BCUT2D eigenvalue weighted by atomic mass is 9.83. The van der Waals surface area contributed by atoms with Crippen LogP contribution in [-0.4, -0.2) is 28.9 Å². The molecule has 1 unspecified atom stereocenters. The Morgan fingerprint density at radius 3 is 2.16 bits per heavy atom. The first-order chi connectivity index (χ1) is 8.85. The highest BCUT2D eigenvalue weighted by Crippen LogP contribution is 2.38. The second kappa shape index (κ2) is 5.90. The first kappa shape index (κ1) is 15.3. The van der Waals surface area contributed by atoms with Crippen LogP contribution >= 0.6 is 0 Å². The molecule has 2 amide bonds. The minimum atomic E-state index is -1.02. The van der Waals surface area contributed by atoms with Crippen molar-refractivity contribution >= 4 is 17.6 Å². The largest absolute Gasteiger partial charge is 0.409 e. The Kier molecular flexibility index (Phi) is 4.74. The van der Waals surface area contributed by atoms with Gasteiger partial charge in [-0.05, 0) is 18.8 Å². The van der Waals surface area contributed by atoms with Gasteiger partial charge >= 0.3 is 0 Å². The number of amidine groups is 1. The fraction of sp³-hybridized carbons (Fsp3) is 0.750. The summed E-state index contributed by atoms with van der Waals surface area (Å²) >= 11 is 0.